The number of hydrogen-bond donors (Lipinski definition) is 1. The number of nitrogens with one attached hydrogen (secondary N) is 1. The standard InChI is InChI=1S/C23H19N3O2/c27-23(16-28-22-9-5-4-8-21(22)26-15-14-24-17-26)25-20-12-10-19(11-13-20)18-6-2-1-3-7-18/h1-15,17H,16H2,(H,25,27). The number of para-hydroxylation sites is 2. The molecule has 0 fully saturated rings. The van der Waals surface area contributed by atoms with Gasteiger partial charge in [0.05, 0.1) is 12.0 Å². The number of ether oxygens (including phenoxy) is 1. The maximum absolute atomic E-state index is 12.3. The van der Waals surface area contributed by atoms with Crippen LogP contribution in [0, 0.1) is 0 Å². The van der Waals surface area contributed by atoms with Crippen molar-refractivity contribution < 1.29 is 9.53 Å². The molecule has 5 nitrogen and oxygen atoms in total. The summed E-state index contributed by atoms with van der Waals surface area (Å²) in [5.74, 6) is 0.406. The van der Waals surface area contributed by atoms with Crippen molar-refractivity contribution in [2.45, 2.75) is 0 Å². The average Bonchev–Trinajstić information content (AvgIpc) is 3.28. The molecule has 0 unspecified atom stereocenters. The lowest BCUT2D eigenvalue weighted by Crippen LogP contribution is -2.20. The first kappa shape index (κ1) is 17.5. The van der Waals surface area contributed by atoms with E-state index in [9.17, 15) is 4.79 Å². The zero-order chi connectivity index (χ0) is 19.2. The van der Waals surface area contributed by atoms with Gasteiger partial charge in [0.2, 0.25) is 0 Å². The minimum atomic E-state index is -0.215. The molecule has 3 aromatic carbocycles. The number of rotatable bonds is 6. The molecule has 0 bridgehead atoms. The van der Waals surface area contributed by atoms with Crippen LogP contribution in [0.1, 0.15) is 0 Å². The molecule has 4 aromatic rings. The predicted molar refractivity (Wildman–Crippen MR) is 110 cm³/mol. The first-order chi connectivity index (χ1) is 13.8. The van der Waals surface area contributed by atoms with Crippen molar-refractivity contribution in [3.63, 3.8) is 0 Å². The fraction of sp³-hybridized carbons (Fsp3) is 0.0435. The van der Waals surface area contributed by atoms with Gasteiger partial charge in [-0.3, -0.25) is 4.79 Å². The summed E-state index contributed by atoms with van der Waals surface area (Å²) in [6.45, 7) is -0.0772. The monoisotopic (exact) mass is 369 g/mol. The van der Waals surface area contributed by atoms with Gasteiger partial charge in [-0.15, -0.1) is 0 Å². The van der Waals surface area contributed by atoms with Crippen molar-refractivity contribution >= 4 is 11.6 Å². The Bertz CT molecular complexity index is 1040. The highest BCUT2D eigenvalue weighted by molar-refractivity contribution is 5.92. The van der Waals surface area contributed by atoms with Gasteiger partial charge >= 0.3 is 0 Å². The number of aromatic nitrogens is 2. The molecule has 138 valence electrons. The van der Waals surface area contributed by atoms with E-state index in [2.05, 4.69) is 22.4 Å². The third kappa shape index (κ3) is 4.10. The molecule has 0 aliphatic carbocycles. The van der Waals surface area contributed by atoms with Gasteiger partial charge in [0, 0.05) is 18.1 Å². The zero-order valence-corrected chi connectivity index (χ0v) is 15.2. The molecule has 0 saturated heterocycles. The summed E-state index contributed by atoms with van der Waals surface area (Å²) in [4.78, 5) is 16.3. The van der Waals surface area contributed by atoms with Crippen molar-refractivity contribution in [3.8, 4) is 22.6 Å². The number of nitrogens with zero attached hydrogens (tertiary/aromatic N) is 2. The fourth-order valence-corrected chi connectivity index (χ4v) is 2.91. The summed E-state index contributed by atoms with van der Waals surface area (Å²) in [5, 5.41) is 2.86. The average molecular weight is 369 g/mol. The Balaban J connectivity index is 1.38. The second-order valence-electron chi connectivity index (χ2n) is 6.22. The third-order valence-corrected chi connectivity index (χ3v) is 4.28. The van der Waals surface area contributed by atoms with Crippen molar-refractivity contribution in [2.24, 2.45) is 0 Å². The quantitative estimate of drug-likeness (QED) is 0.542. The van der Waals surface area contributed by atoms with E-state index >= 15 is 0 Å². The molecule has 28 heavy (non-hydrogen) atoms. The highest BCUT2D eigenvalue weighted by Gasteiger charge is 2.08. The number of benzene rings is 3. The molecule has 1 heterocycles. The molecule has 0 saturated carbocycles. The van der Waals surface area contributed by atoms with Crippen LogP contribution in [-0.2, 0) is 4.79 Å². The van der Waals surface area contributed by atoms with Crippen LogP contribution in [0.3, 0.4) is 0 Å². The largest absolute Gasteiger partial charge is 0.482 e. The Labute approximate surface area is 163 Å². The van der Waals surface area contributed by atoms with E-state index in [1.165, 1.54) is 0 Å². The Hall–Kier alpha value is -3.86. The predicted octanol–water partition coefficient (Wildman–Crippen LogP) is 4.56. The molecule has 0 aliphatic rings. The first-order valence-electron chi connectivity index (χ1n) is 8.95. The second-order valence-corrected chi connectivity index (χ2v) is 6.22. The van der Waals surface area contributed by atoms with Crippen molar-refractivity contribution in [1.29, 1.82) is 0 Å². The lowest BCUT2D eigenvalue weighted by Gasteiger charge is -2.12. The number of anilines is 1. The molecule has 0 spiro atoms. The Morgan fingerprint density at radius 3 is 2.36 bits per heavy atom. The maximum atomic E-state index is 12.3. The van der Waals surface area contributed by atoms with Gasteiger partial charge in [-0.1, -0.05) is 54.6 Å². The van der Waals surface area contributed by atoms with Gasteiger partial charge in [-0.25, -0.2) is 4.98 Å². The van der Waals surface area contributed by atoms with Crippen molar-refractivity contribution in [3.05, 3.63) is 97.6 Å². The maximum Gasteiger partial charge on any atom is 0.262 e. The number of hydrogen-bond acceptors (Lipinski definition) is 3. The summed E-state index contributed by atoms with van der Waals surface area (Å²) in [7, 11) is 0. The van der Waals surface area contributed by atoms with Crippen molar-refractivity contribution in [1.82, 2.24) is 9.55 Å². The zero-order valence-electron chi connectivity index (χ0n) is 15.2. The summed E-state index contributed by atoms with van der Waals surface area (Å²) in [6.07, 6.45) is 5.22. The molecule has 5 heteroatoms. The summed E-state index contributed by atoms with van der Waals surface area (Å²) in [6, 6.07) is 25.4. The molecule has 0 atom stereocenters. The van der Waals surface area contributed by atoms with Gasteiger partial charge in [0.15, 0.2) is 6.61 Å². The number of carbonyl (C=O) groups is 1. The van der Waals surface area contributed by atoms with E-state index in [0.717, 1.165) is 22.5 Å². The van der Waals surface area contributed by atoms with Crippen LogP contribution in [0.15, 0.2) is 97.6 Å². The molecular formula is C23H19N3O2. The summed E-state index contributed by atoms with van der Waals surface area (Å²) < 4.78 is 7.57. The lowest BCUT2D eigenvalue weighted by atomic mass is 10.1. The lowest BCUT2D eigenvalue weighted by molar-refractivity contribution is -0.118. The fourth-order valence-electron chi connectivity index (χ4n) is 2.91. The number of carbonyl (C=O) groups excluding carboxylic acids is 1. The molecule has 1 aromatic heterocycles. The van der Waals surface area contributed by atoms with E-state index < -0.39 is 0 Å². The molecule has 0 radical (unpaired) electrons. The van der Waals surface area contributed by atoms with E-state index in [1.807, 2.05) is 77.5 Å². The van der Waals surface area contributed by atoms with Crippen molar-refractivity contribution in [2.75, 3.05) is 11.9 Å². The van der Waals surface area contributed by atoms with Gasteiger partial charge in [0.25, 0.3) is 5.91 Å². The van der Waals surface area contributed by atoms with Crippen LogP contribution in [0.2, 0.25) is 0 Å². The molecule has 1 N–H and O–H groups in total. The topological polar surface area (TPSA) is 56.2 Å². The molecular weight excluding hydrogens is 350 g/mol. The first-order valence-corrected chi connectivity index (χ1v) is 8.95. The Kier molecular flexibility index (Phi) is 5.15. The highest BCUT2D eigenvalue weighted by atomic mass is 16.5. The van der Waals surface area contributed by atoms with Crippen LogP contribution in [-0.4, -0.2) is 22.1 Å². The third-order valence-electron chi connectivity index (χ3n) is 4.28. The van der Waals surface area contributed by atoms with Crippen LogP contribution < -0.4 is 10.1 Å². The normalized spacial score (nSPS) is 10.4. The van der Waals surface area contributed by atoms with Gasteiger partial charge < -0.3 is 14.6 Å². The van der Waals surface area contributed by atoms with E-state index in [-0.39, 0.29) is 12.5 Å². The Morgan fingerprint density at radius 1 is 0.893 bits per heavy atom. The van der Waals surface area contributed by atoms with Gasteiger partial charge in [0.1, 0.15) is 5.75 Å². The highest BCUT2D eigenvalue weighted by Crippen LogP contribution is 2.23. The molecule has 4 rings (SSSR count). The summed E-state index contributed by atoms with van der Waals surface area (Å²) in [5.41, 5.74) is 3.81. The van der Waals surface area contributed by atoms with Crippen LogP contribution in [0.25, 0.3) is 16.8 Å². The smallest absolute Gasteiger partial charge is 0.262 e. The van der Waals surface area contributed by atoms with Crippen LogP contribution in [0.5, 0.6) is 5.75 Å². The number of imidazole rings is 1. The molecule has 1 amide bonds. The SMILES string of the molecule is O=C(COc1ccccc1-n1ccnc1)Nc1ccc(-c2ccccc2)cc1. The van der Waals surface area contributed by atoms with Crippen LogP contribution in [0.4, 0.5) is 5.69 Å². The number of amides is 1. The molecule has 0 aliphatic heterocycles. The van der Waals surface area contributed by atoms with Gasteiger partial charge in [-0.05, 0) is 35.4 Å². The van der Waals surface area contributed by atoms with Crippen LogP contribution >= 0.6 is 0 Å². The van der Waals surface area contributed by atoms with E-state index in [0.29, 0.717) is 5.75 Å². The minimum absolute atomic E-state index is 0.0772. The minimum Gasteiger partial charge on any atom is -0.482 e. The summed E-state index contributed by atoms with van der Waals surface area (Å²) >= 11 is 0. The van der Waals surface area contributed by atoms with E-state index in [4.69, 9.17) is 4.74 Å². The van der Waals surface area contributed by atoms with E-state index in [1.54, 1.807) is 12.5 Å². The Morgan fingerprint density at radius 2 is 1.61 bits per heavy atom. The second kappa shape index (κ2) is 8.22. The van der Waals surface area contributed by atoms with Gasteiger partial charge in [-0.2, -0.15) is 0 Å².